The van der Waals surface area contributed by atoms with Crippen molar-refractivity contribution in [2.45, 2.75) is 25.3 Å². The third kappa shape index (κ3) is 4.58. The van der Waals surface area contributed by atoms with Gasteiger partial charge in [-0.15, -0.1) is 0 Å². The lowest BCUT2D eigenvalue weighted by atomic mass is 10.3. The molecule has 1 atom stereocenters. The van der Waals surface area contributed by atoms with Crippen molar-refractivity contribution >= 4 is 23.4 Å². The average Bonchev–Trinajstić information content (AvgIpc) is 2.29. The second-order valence-electron chi connectivity index (χ2n) is 3.42. The first-order valence-corrected chi connectivity index (χ1v) is 5.73. The molecule has 98 valence electrons. The summed E-state index contributed by atoms with van der Waals surface area (Å²) in [7, 11) is 0. The Morgan fingerprint density at radius 1 is 1.44 bits per heavy atom. The number of benzene rings is 1. The predicted octanol–water partition coefficient (Wildman–Crippen LogP) is 3.48. The van der Waals surface area contributed by atoms with Crippen molar-refractivity contribution in [3.63, 3.8) is 0 Å². The Morgan fingerprint density at radius 3 is 2.56 bits per heavy atom. The van der Waals surface area contributed by atoms with Crippen LogP contribution in [0.25, 0.3) is 0 Å². The van der Waals surface area contributed by atoms with E-state index in [1.807, 2.05) is 6.92 Å². The highest BCUT2D eigenvalue weighted by Gasteiger charge is 2.13. The fourth-order valence-corrected chi connectivity index (χ4v) is 1.44. The van der Waals surface area contributed by atoms with Crippen LogP contribution in [-0.2, 0) is 4.74 Å². The van der Waals surface area contributed by atoms with Gasteiger partial charge in [-0.1, -0.05) is 24.9 Å². The molecule has 0 N–H and O–H groups in total. The number of non-ortho nitro benzene ring substituents is 1. The molecule has 7 heteroatoms. The highest BCUT2D eigenvalue weighted by molar-refractivity contribution is 6.20. The number of hydrogen-bond acceptors (Lipinski definition) is 5. The standard InChI is InChI=1S/C11H12ClNO5/c1-2-3-10(12)18-11(14)17-9-6-4-8(5-7-9)13(15)16/h4-7,10H,2-3H2,1H3. The highest BCUT2D eigenvalue weighted by atomic mass is 35.5. The number of ether oxygens (including phenoxy) is 2. The van der Waals surface area contributed by atoms with E-state index in [4.69, 9.17) is 21.1 Å². The summed E-state index contributed by atoms with van der Waals surface area (Å²) in [6.07, 6.45) is 0.368. The zero-order chi connectivity index (χ0) is 13.5. The molecule has 1 rings (SSSR count). The van der Waals surface area contributed by atoms with Crippen molar-refractivity contribution in [3.05, 3.63) is 34.4 Å². The number of alkyl halides is 1. The zero-order valence-electron chi connectivity index (χ0n) is 9.67. The van der Waals surface area contributed by atoms with Crippen molar-refractivity contribution in [2.24, 2.45) is 0 Å². The van der Waals surface area contributed by atoms with E-state index in [2.05, 4.69) is 0 Å². The topological polar surface area (TPSA) is 78.7 Å². The van der Waals surface area contributed by atoms with Gasteiger partial charge in [0.2, 0.25) is 0 Å². The maximum atomic E-state index is 11.3. The maximum absolute atomic E-state index is 11.3. The predicted molar refractivity (Wildman–Crippen MR) is 64.8 cm³/mol. The molecule has 0 spiro atoms. The summed E-state index contributed by atoms with van der Waals surface area (Å²) in [6, 6.07) is 5.07. The van der Waals surface area contributed by atoms with E-state index in [0.29, 0.717) is 6.42 Å². The summed E-state index contributed by atoms with van der Waals surface area (Å²) in [5.74, 6) is 0.158. The minimum absolute atomic E-state index is 0.0862. The Kier molecular flexibility index (Phi) is 5.38. The van der Waals surface area contributed by atoms with E-state index in [-0.39, 0.29) is 11.4 Å². The Morgan fingerprint density at radius 2 is 2.06 bits per heavy atom. The van der Waals surface area contributed by atoms with E-state index < -0.39 is 16.6 Å². The van der Waals surface area contributed by atoms with Gasteiger partial charge in [-0.25, -0.2) is 4.79 Å². The molecule has 1 aromatic rings. The number of carbonyl (C=O) groups excluding carboxylic acids is 1. The van der Waals surface area contributed by atoms with Crippen LogP contribution in [0.4, 0.5) is 10.5 Å². The molecule has 6 nitrogen and oxygen atoms in total. The lowest BCUT2D eigenvalue weighted by molar-refractivity contribution is -0.384. The Bertz CT molecular complexity index is 420. The minimum atomic E-state index is -0.933. The third-order valence-electron chi connectivity index (χ3n) is 1.99. The molecule has 0 radical (unpaired) electrons. The molecule has 0 fully saturated rings. The van der Waals surface area contributed by atoms with Crippen LogP contribution in [0.3, 0.4) is 0 Å². The van der Waals surface area contributed by atoms with Gasteiger partial charge in [-0.3, -0.25) is 10.1 Å². The van der Waals surface area contributed by atoms with Gasteiger partial charge >= 0.3 is 6.16 Å². The summed E-state index contributed by atoms with van der Waals surface area (Å²) in [4.78, 5) is 21.1. The van der Waals surface area contributed by atoms with E-state index in [1.54, 1.807) is 0 Å². The van der Waals surface area contributed by atoms with E-state index >= 15 is 0 Å². The van der Waals surface area contributed by atoms with Gasteiger partial charge in [-0.2, -0.15) is 0 Å². The second-order valence-corrected chi connectivity index (χ2v) is 3.91. The highest BCUT2D eigenvalue weighted by Crippen LogP contribution is 2.18. The zero-order valence-corrected chi connectivity index (χ0v) is 10.4. The van der Waals surface area contributed by atoms with Crippen molar-refractivity contribution in [1.29, 1.82) is 0 Å². The molecule has 0 aromatic heterocycles. The Balaban J connectivity index is 2.51. The monoisotopic (exact) mass is 273 g/mol. The lowest BCUT2D eigenvalue weighted by Crippen LogP contribution is -2.16. The van der Waals surface area contributed by atoms with Crippen LogP contribution >= 0.6 is 11.6 Å². The van der Waals surface area contributed by atoms with Gasteiger partial charge in [0.25, 0.3) is 5.69 Å². The Hall–Kier alpha value is -1.82. The van der Waals surface area contributed by atoms with Gasteiger partial charge in [0.15, 0.2) is 5.56 Å². The molecule has 0 saturated carbocycles. The number of rotatable bonds is 5. The molecule has 1 unspecified atom stereocenters. The van der Waals surface area contributed by atoms with Crippen LogP contribution in [-0.4, -0.2) is 16.6 Å². The normalized spacial score (nSPS) is 11.7. The van der Waals surface area contributed by atoms with Crippen molar-refractivity contribution in [3.8, 4) is 5.75 Å². The molecule has 0 saturated heterocycles. The van der Waals surface area contributed by atoms with E-state index in [9.17, 15) is 14.9 Å². The first kappa shape index (κ1) is 14.2. The Labute approximate surface area is 109 Å². The van der Waals surface area contributed by atoms with E-state index in [0.717, 1.165) is 6.42 Å². The molecule has 0 amide bonds. The van der Waals surface area contributed by atoms with Gasteiger partial charge in [0.1, 0.15) is 5.75 Å². The summed E-state index contributed by atoms with van der Waals surface area (Å²) in [5, 5.41) is 10.4. The largest absolute Gasteiger partial charge is 0.515 e. The summed E-state index contributed by atoms with van der Waals surface area (Å²) in [6.45, 7) is 1.90. The third-order valence-corrected chi connectivity index (χ3v) is 2.30. The average molecular weight is 274 g/mol. The summed E-state index contributed by atoms with van der Waals surface area (Å²) < 4.78 is 9.54. The molecule has 0 heterocycles. The van der Waals surface area contributed by atoms with Crippen LogP contribution in [0, 0.1) is 10.1 Å². The molecule has 0 aliphatic rings. The second kappa shape index (κ2) is 6.80. The van der Waals surface area contributed by atoms with Gasteiger partial charge in [0, 0.05) is 12.1 Å². The van der Waals surface area contributed by atoms with Gasteiger partial charge in [-0.05, 0) is 18.6 Å². The minimum Gasteiger partial charge on any atom is -0.414 e. The fraction of sp³-hybridized carbons (Fsp3) is 0.364. The summed E-state index contributed by atoms with van der Waals surface area (Å²) in [5.41, 5.74) is -0.822. The summed E-state index contributed by atoms with van der Waals surface area (Å²) >= 11 is 5.70. The molecule has 0 bridgehead atoms. The molecule has 18 heavy (non-hydrogen) atoms. The molecule has 0 aliphatic heterocycles. The van der Waals surface area contributed by atoms with Crippen LogP contribution in [0.2, 0.25) is 0 Å². The number of nitro benzene ring substituents is 1. The van der Waals surface area contributed by atoms with Crippen LogP contribution < -0.4 is 4.74 Å². The molecule has 0 aliphatic carbocycles. The molecule has 1 aromatic carbocycles. The number of carbonyl (C=O) groups is 1. The number of nitro groups is 1. The fourth-order valence-electron chi connectivity index (χ4n) is 1.15. The smallest absolute Gasteiger partial charge is 0.414 e. The number of hydrogen-bond donors (Lipinski definition) is 0. The maximum Gasteiger partial charge on any atom is 0.515 e. The first-order valence-electron chi connectivity index (χ1n) is 5.30. The van der Waals surface area contributed by atoms with Gasteiger partial charge < -0.3 is 9.47 Å². The number of halogens is 1. The lowest BCUT2D eigenvalue weighted by Gasteiger charge is -2.09. The van der Waals surface area contributed by atoms with Crippen LogP contribution in [0.5, 0.6) is 5.75 Å². The van der Waals surface area contributed by atoms with Crippen molar-refractivity contribution in [1.82, 2.24) is 0 Å². The number of nitrogens with zero attached hydrogens (tertiary/aromatic N) is 1. The SMILES string of the molecule is CCCC(Cl)OC(=O)Oc1ccc([N+](=O)[O-])cc1. The van der Waals surface area contributed by atoms with Crippen LogP contribution in [0.15, 0.2) is 24.3 Å². The van der Waals surface area contributed by atoms with Crippen LogP contribution in [0.1, 0.15) is 19.8 Å². The quantitative estimate of drug-likeness (QED) is 0.270. The van der Waals surface area contributed by atoms with Gasteiger partial charge in [0.05, 0.1) is 4.92 Å². The molecular weight excluding hydrogens is 262 g/mol. The van der Waals surface area contributed by atoms with Crippen molar-refractivity contribution in [2.75, 3.05) is 0 Å². The first-order chi connectivity index (χ1) is 8.52. The van der Waals surface area contributed by atoms with E-state index in [1.165, 1.54) is 24.3 Å². The van der Waals surface area contributed by atoms with Crippen molar-refractivity contribution < 1.29 is 19.2 Å². The molecular formula is C11H12ClNO5.